The molecule has 0 unspecified atom stereocenters. The number of imidazole rings is 1. The lowest BCUT2D eigenvalue weighted by Gasteiger charge is -2.26. The maximum Gasteiger partial charge on any atom is 0.274 e. The lowest BCUT2D eigenvalue weighted by molar-refractivity contribution is 0.0735. The fraction of sp³-hybridized carbons (Fsp3) is 0.414. The maximum absolute atomic E-state index is 13.7. The van der Waals surface area contributed by atoms with Gasteiger partial charge < -0.3 is 19.9 Å². The first-order valence-electron chi connectivity index (χ1n) is 13.3. The number of aromatic amines is 1. The Morgan fingerprint density at radius 2 is 1.95 bits per heavy atom. The quantitative estimate of drug-likeness (QED) is 0.421. The van der Waals surface area contributed by atoms with Gasteiger partial charge in [0.15, 0.2) is 0 Å². The highest BCUT2D eigenvalue weighted by atomic mass is 16.5. The average Bonchev–Trinajstić information content (AvgIpc) is 3.58. The lowest BCUT2D eigenvalue weighted by atomic mass is 9.99. The van der Waals surface area contributed by atoms with Gasteiger partial charge in [0.1, 0.15) is 11.3 Å². The highest BCUT2D eigenvalue weighted by Crippen LogP contribution is 2.29. The molecule has 4 aromatic rings. The Balaban J connectivity index is 1.29. The van der Waals surface area contributed by atoms with Crippen LogP contribution in [0.2, 0.25) is 0 Å². The summed E-state index contributed by atoms with van der Waals surface area (Å²) in [6.45, 7) is 5.68. The van der Waals surface area contributed by atoms with Crippen molar-refractivity contribution in [3.8, 4) is 0 Å². The minimum Gasteiger partial charge on any atom is -0.381 e. The number of likely N-dealkylation sites (tertiary alicyclic amines) is 1. The number of hydrogen-bond donors (Lipinski definition) is 2. The monoisotopic (exact) mass is 499 g/mol. The van der Waals surface area contributed by atoms with Gasteiger partial charge in [0.25, 0.3) is 11.5 Å². The van der Waals surface area contributed by atoms with Crippen LogP contribution in [-0.4, -0.2) is 57.5 Å². The number of carbonyl (C=O) groups excluding carboxylic acids is 1. The Kier molecular flexibility index (Phi) is 6.52. The van der Waals surface area contributed by atoms with Crippen LogP contribution in [0.15, 0.2) is 53.5 Å². The number of rotatable bonds is 6. The van der Waals surface area contributed by atoms with E-state index >= 15 is 0 Å². The smallest absolute Gasteiger partial charge is 0.274 e. The number of aromatic nitrogens is 3. The van der Waals surface area contributed by atoms with E-state index in [1.165, 1.54) is 5.56 Å². The molecule has 37 heavy (non-hydrogen) atoms. The van der Waals surface area contributed by atoms with Crippen LogP contribution >= 0.6 is 0 Å². The molecule has 192 valence electrons. The molecule has 4 heterocycles. The highest BCUT2D eigenvalue weighted by molar-refractivity contribution is 5.99. The lowest BCUT2D eigenvalue weighted by Crippen LogP contribution is -2.41. The van der Waals surface area contributed by atoms with Gasteiger partial charge in [0, 0.05) is 50.4 Å². The molecule has 2 aliphatic heterocycles. The van der Waals surface area contributed by atoms with Crippen LogP contribution in [0.1, 0.15) is 58.9 Å². The predicted molar refractivity (Wildman–Crippen MR) is 143 cm³/mol. The number of benzene rings is 2. The molecule has 2 aliphatic rings. The van der Waals surface area contributed by atoms with Gasteiger partial charge in [-0.2, -0.15) is 0 Å². The molecule has 1 atom stereocenters. The summed E-state index contributed by atoms with van der Waals surface area (Å²) in [5, 5.41) is 3.53. The topological polar surface area (TPSA) is 91.7 Å². The van der Waals surface area contributed by atoms with Crippen LogP contribution in [0.25, 0.3) is 16.6 Å². The van der Waals surface area contributed by atoms with Crippen molar-refractivity contribution in [2.24, 2.45) is 0 Å². The van der Waals surface area contributed by atoms with Gasteiger partial charge in [-0.3, -0.25) is 14.0 Å². The third-order valence-electron chi connectivity index (χ3n) is 7.86. The second kappa shape index (κ2) is 10.1. The van der Waals surface area contributed by atoms with Gasteiger partial charge >= 0.3 is 0 Å². The molecule has 0 spiro atoms. The highest BCUT2D eigenvalue weighted by Gasteiger charge is 2.30. The summed E-state index contributed by atoms with van der Waals surface area (Å²) >= 11 is 0. The van der Waals surface area contributed by atoms with Crippen molar-refractivity contribution in [3.05, 3.63) is 81.5 Å². The van der Waals surface area contributed by atoms with Crippen molar-refractivity contribution in [1.29, 1.82) is 0 Å². The summed E-state index contributed by atoms with van der Waals surface area (Å²) in [7, 11) is 0. The largest absolute Gasteiger partial charge is 0.381 e. The van der Waals surface area contributed by atoms with Crippen LogP contribution in [-0.2, 0) is 11.3 Å². The van der Waals surface area contributed by atoms with Crippen LogP contribution in [0.3, 0.4) is 0 Å². The van der Waals surface area contributed by atoms with E-state index < -0.39 is 0 Å². The van der Waals surface area contributed by atoms with Crippen molar-refractivity contribution in [2.45, 2.75) is 51.1 Å². The number of fused-ring (bicyclic) bond motifs is 3. The zero-order chi connectivity index (χ0) is 25.4. The number of ether oxygens (including phenoxy) is 1. The van der Waals surface area contributed by atoms with Gasteiger partial charge in [-0.1, -0.05) is 30.3 Å². The van der Waals surface area contributed by atoms with Gasteiger partial charge in [0.2, 0.25) is 0 Å². The molecule has 0 bridgehead atoms. The fourth-order valence-electron chi connectivity index (χ4n) is 5.87. The number of aryl methyl sites for hydroxylation is 1. The van der Waals surface area contributed by atoms with Crippen LogP contribution < -0.4 is 10.9 Å². The minimum atomic E-state index is -0.190. The van der Waals surface area contributed by atoms with Crippen molar-refractivity contribution in [2.75, 3.05) is 26.3 Å². The first-order chi connectivity index (χ1) is 18.1. The number of H-pyrrole nitrogens is 1. The summed E-state index contributed by atoms with van der Waals surface area (Å²) in [6, 6.07) is 14.3. The molecule has 1 amide bonds. The van der Waals surface area contributed by atoms with E-state index in [-0.39, 0.29) is 23.4 Å². The Morgan fingerprint density at radius 3 is 2.76 bits per heavy atom. The molecule has 2 aromatic carbocycles. The average molecular weight is 500 g/mol. The number of nitrogens with zero attached hydrogens (tertiary/aromatic N) is 3. The second-order valence-electron chi connectivity index (χ2n) is 10.3. The Labute approximate surface area is 215 Å². The summed E-state index contributed by atoms with van der Waals surface area (Å²) in [6.07, 6.45) is 5.42. The van der Waals surface area contributed by atoms with E-state index in [9.17, 15) is 9.59 Å². The van der Waals surface area contributed by atoms with Gasteiger partial charge in [0.05, 0.1) is 17.2 Å². The first-order valence-corrected chi connectivity index (χ1v) is 13.3. The zero-order valence-electron chi connectivity index (χ0n) is 21.2. The molecule has 0 saturated carbocycles. The van der Waals surface area contributed by atoms with E-state index in [4.69, 9.17) is 4.74 Å². The van der Waals surface area contributed by atoms with Crippen molar-refractivity contribution in [3.63, 3.8) is 0 Å². The van der Waals surface area contributed by atoms with Gasteiger partial charge in [-0.15, -0.1) is 0 Å². The molecule has 8 nitrogen and oxygen atoms in total. The molecule has 0 aliphatic carbocycles. The van der Waals surface area contributed by atoms with Crippen LogP contribution in [0.4, 0.5) is 0 Å². The fourth-order valence-corrected chi connectivity index (χ4v) is 5.87. The molecule has 2 saturated heterocycles. The molecular weight excluding hydrogens is 466 g/mol. The third-order valence-corrected chi connectivity index (χ3v) is 7.86. The van der Waals surface area contributed by atoms with Crippen molar-refractivity contribution in [1.82, 2.24) is 24.6 Å². The first kappa shape index (κ1) is 23.9. The molecular formula is C29H33N5O3. The summed E-state index contributed by atoms with van der Waals surface area (Å²) in [5.41, 5.74) is 4.67. The van der Waals surface area contributed by atoms with E-state index in [2.05, 4.69) is 27.4 Å². The molecule has 0 radical (unpaired) electrons. The summed E-state index contributed by atoms with van der Waals surface area (Å²) in [5.74, 6) is 1.17. The minimum absolute atomic E-state index is 0.0274. The Morgan fingerprint density at radius 1 is 1.14 bits per heavy atom. The maximum atomic E-state index is 13.7. The zero-order valence-corrected chi connectivity index (χ0v) is 21.2. The van der Waals surface area contributed by atoms with E-state index in [1.807, 2.05) is 46.6 Å². The van der Waals surface area contributed by atoms with Gasteiger partial charge in [-0.25, -0.2) is 4.98 Å². The number of nitrogens with one attached hydrogen (secondary N) is 2. The van der Waals surface area contributed by atoms with E-state index in [0.29, 0.717) is 29.8 Å². The van der Waals surface area contributed by atoms with Crippen LogP contribution in [0, 0.1) is 6.92 Å². The molecule has 6 rings (SSSR count). The Bertz CT molecular complexity index is 1490. The molecule has 2 N–H and O–H groups in total. The Hall–Kier alpha value is -3.49. The summed E-state index contributed by atoms with van der Waals surface area (Å²) < 4.78 is 7.52. The number of amides is 1. The number of hydrogen-bond acceptors (Lipinski definition) is 5. The third kappa shape index (κ3) is 4.55. The van der Waals surface area contributed by atoms with Crippen molar-refractivity contribution < 1.29 is 9.53 Å². The summed E-state index contributed by atoms with van der Waals surface area (Å²) in [4.78, 5) is 36.3. The van der Waals surface area contributed by atoms with Crippen molar-refractivity contribution >= 4 is 22.5 Å². The molecule has 2 fully saturated rings. The SMILES string of the molecule is Cc1cc2c(cc1C(=O)N1CCC[C@H]1CNCc1ccccc1)[nH]c(=O)c1cnc(C3CCOCC3)n12. The second-order valence-corrected chi connectivity index (χ2v) is 10.3. The normalized spacial score (nSPS) is 18.7. The van der Waals surface area contributed by atoms with E-state index in [1.54, 1.807) is 6.20 Å². The number of carbonyl (C=O) groups is 1. The standard InChI is InChI=1S/C29H33N5O3/c1-19-14-25-24(32-28(35)26-18-31-27(34(25)26)21-9-12-37-13-10-21)15-23(19)29(36)33-11-5-8-22(33)17-30-16-20-6-3-2-4-7-20/h2-4,6-7,14-15,18,21-22,30H,5,8-13,16-17H2,1H3,(H,32,35)/t22-/m0/s1. The van der Waals surface area contributed by atoms with Gasteiger partial charge in [-0.05, 0) is 55.9 Å². The van der Waals surface area contributed by atoms with Crippen LogP contribution in [0.5, 0.6) is 0 Å². The molecule has 2 aromatic heterocycles. The van der Waals surface area contributed by atoms with E-state index in [0.717, 1.165) is 62.2 Å². The predicted octanol–water partition coefficient (Wildman–Crippen LogP) is 3.77. The molecule has 8 heteroatoms.